The van der Waals surface area contributed by atoms with Gasteiger partial charge in [0.1, 0.15) is 0 Å². The molecule has 1 aromatic carbocycles. The minimum absolute atomic E-state index is 0.0368. The highest BCUT2D eigenvalue weighted by Crippen LogP contribution is 2.13. The Hall–Kier alpha value is -2.14. The predicted molar refractivity (Wildman–Crippen MR) is 73.7 cm³/mol. The quantitative estimate of drug-likeness (QED) is 0.847. The van der Waals surface area contributed by atoms with Crippen LogP contribution in [0, 0.1) is 0 Å². The van der Waals surface area contributed by atoms with E-state index in [1.165, 1.54) is 0 Å². The molecule has 0 bridgehead atoms. The molecule has 0 aliphatic rings. The Labute approximate surface area is 112 Å². The lowest BCUT2D eigenvalue weighted by atomic mass is 10.1. The summed E-state index contributed by atoms with van der Waals surface area (Å²) in [6, 6.07) is 9.58. The third-order valence-electron chi connectivity index (χ3n) is 2.73. The number of hydrogen-bond donors (Lipinski definition) is 2. The van der Waals surface area contributed by atoms with Gasteiger partial charge in [-0.2, -0.15) is 5.10 Å². The third-order valence-corrected chi connectivity index (χ3v) is 2.73. The van der Waals surface area contributed by atoms with Crippen LogP contribution in [0.25, 0.3) is 5.69 Å². The minimum Gasteiger partial charge on any atom is -0.352 e. The van der Waals surface area contributed by atoms with Crippen molar-refractivity contribution in [2.75, 3.05) is 0 Å². The number of nitrogens with two attached hydrogens (primary N) is 1. The second kappa shape index (κ2) is 6.15. The lowest BCUT2D eigenvalue weighted by Crippen LogP contribution is -2.29. The summed E-state index contributed by atoms with van der Waals surface area (Å²) in [7, 11) is 0. The first-order valence-electron chi connectivity index (χ1n) is 6.27. The van der Waals surface area contributed by atoms with Crippen LogP contribution in [0.5, 0.6) is 0 Å². The molecule has 2 rings (SSSR count). The molecule has 3 N–H and O–H groups in total. The van der Waals surface area contributed by atoms with Crippen molar-refractivity contribution in [3.63, 3.8) is 0 Å². The van der Waals surface area contributed by atoms with Gasteiger partial charge in [-0.15, -0.1) is 0 Å². The Morgan fingerprint density at radius 2 is 2.21 bits per heavy atom. The van der Waals surface area contributed by atoms with E-state index in [1.54, 1.807) is 10.9 Å². The number of nitrogens with zero attached hydrogens (tertiary/aromatic N) is 2. The second-order valence-corrected chi connectivity index (χ2v) is 4.54. The summed E-state index contributed by atoms with van der Waals surface area (Å²) in [4.78, 5) is 11.6. The fourth-order valence-corrected chi connectivity index (χ4v) is 1.85. The van der Waals surface area contributed by atoms with E-state index in [1.807, 2.05) is 43.5 Å². The standard InChI is InChI=1S/C14H18N4O/c1-11(15)9-14(19)16-10-12-5-2-3-6-13(12)18-8-4-7-17-18/h2-8,11H,9-10,15H2,1H3,(H,16,19). The number of carbonyl (C=O) groups is 1. The van der Waals surface area contributed by atoms with E-state index in [2.05, 4.69) is 10.4 Å². The van der Waals surface area contributed by atoms with Crippen LogP contribution in [0.3, 0.4) is 0 Å². The van der Waals surface area contributed by atoms with Gasteiger partial charge < -0.3 is 11.1 Å². The van der Waals surface area contributed by atoms with Gasteiger partial charge in [-0.25, -0.2) is 4.68 Å². The van der Waals surface area contributed by atoms with Crippen molar-refractivity contribution in [2.45, 2.75) is 25.9 Å². The van der Waals surface area contributed by atoms with Crippen molar-refractivity contribution < 1.29 is 4.79 Å². The van der Waals surface area contributed by atoms with Crippen LogP contribution < -0.4 is 11.1 Å². The fourth-order valence-electron chi connectivity index (χ4n) is 1.85. The molecule has 0 aliphatic carbocycles. The van der Waals surface area contributed by atoms with E-state index in [4.69, 9.17) is 5.73 Å². The highest BCUT2D eigenvalue weighted by Gasteiger charge is 2.07. The summed E-state index contributed by atoms with van der Waals surface area (Å²) < 4.78 is 1.78. The molecule has 0 spiro atoms. The number of hydrogen-bond acceptors (Lipinski definition) is 3. The molecule has 0 radical (unpaired) electrons. The molecule has 1 amide bonds. The van der Waals surface area contributed by atoms with Gasteiger partial charge in [-0.1, -0.05) is 18.2 Å². The zero-order valence-corrected chi connectivity index (χ0v) is 10.9. The molecular formula is C14H18N4O. The van der Waals surface area contributed by atoms with E-state index in [0.717, 1.165) is 11.3 Å². The van der Waals surface area contributed by atoms with E-state index >= 15 is 0 Å². The van der Waals surface area contributed by atoms with Gasteiger partial charge in [0.05, 0.1) is 5.69 Å². The van der Waals surface area contributed by atoms with Crippen LogP contribution in [0.2, 0.25) is 0 Å². The Morgan fingerprint density at radius 3 is 2.89 bits per heavy atom. The van der Waals surface area contributed by atoms with Crippen molar-refractivity contribution in [1.82, 2.24) is 15.1 Å². The lowest BCUT2D eigenvalue weighted by Gasteiger charge is -2.11. The molecule has 0 saturated heterocycles. The summed E-state index contributed by atoms with van der Waals surface area (Å²) in [6.07, 6.45) is 3.94. The Kier molecular flexibility index (Phi) is 4.30. The topological polar surface area (TPSA) is 72.9 Å². The van der Waals surface area contributed by atoms with E-state index in [0.29, 0.717) is 13.0 Å². The SMILES string of the molecule is CC(N)CC(=O)NCc1ccccc1-n1cccn1. The van der Waals surface area contributed by atoms with Gasteiger partial charge in [-0.3, -0.25) is 4.79 Å². The molecule has 0 saturated carbocycles. The van der Waals surface area contributed by atoms with Crippen molar-refractivity contribution >= 4 is 5.91 Å². The average molecular weight is 258 g/mol. The Balaban J connectivity index is 2.07. The summed E-state index contributed by atoms with van der Waals surface area (Å²) in [6.45, 7) is 2.29. The fraction of sp³-hybridized carbons (Fsp3) is 0.286. The molecule has 100 valence electrons. The monoisotopic (exact) mass is 258 g/mol. The number of carbonyl (C=O) groups excluding carboxylic acids is 1. The van der Waals surface area contributed by atoms with Gasteiger partial charge in [0.15, 0.2) is 0 Å². The van der Waals surface area contributed by atoms with Crippen molar-refractivity contribution in [3.05, 3.63) is 48.3 Å². The van der Waals surface area contributed by atoms with Gasteiger partial charge in [0, 0.05) is 31.4 Å². The van der Waals surface area contributed by atoms with Crippen LogP contribution in [0.15, 0.2) is 42.7 Å². The molecule has 1 unspecified atom stereocenters. The zero-order chi connectivity index (χ0) is 13.7. The second-order valence-electron chi connectivity index (χ2n) is 4.54. The minimum atomic E-state index is -0.124. The summed E-state index contributed by atoms with van der Waals surface area (Å²) in [5, 5.41) is 7.08. The van der Waals surface area contributed by atoms with Gasteiger partial charge in [0.2, 0.25) is 5.91 Å². The highest BCUT2D eigenvalue weighted by molar-refractivity contribution is 5.76. The normalized spacial score (nSPS) is 12.1. The first kappa shape index (κ1) is 13.3. The lowest BCUT2D eigenvalue weighted by molar-refractivity contribution is -0.121. The summed E-state index contributed by atoms with van der Waals surface area (Å²) in [5.74, 6) is -0.0368. The van der Waals surface area contributed by atoms with Crippen molar-refractivity contribution in [3.8, 4) is 5.69 Å². The Morgan fingerprint density at radius 1 is 1.42 bits per heavy atom. The number of para-hydroxylation sites is 1. The van der Waals surface area contributed by atoms with E-state index < -0.39 is 0 Å². The molecule has 0 aliphatic heterocycles. The maximum Gasteiger partial charge on any atom is 0.221 e. The van der Waals surface area contributed by atoms with E-state index in [9.17, 15) is 4.79 Å². The number of nitrogens with one attached hydrogen (secondary N) is 1. The smallest absolute Gasteiger partial charge is 0.221 e. The highest BCUT2D eigenvalue weighted by atomic mass is 16.1. The maximum atomic E-state index is 11.6. The maximum absolute atomic E-state index is 11.6. The molecule has 2 aromatic rings. The molecule has 5 heteroatoms. The largest absolute Gasteiger partial charge is 0.352 e. The van der Waals surface area contributed by atoms with Crippen LogP contribution in [-0.4, -0.2) is 21.7 Å². The molecule has 1 heterocycles. The number of benzene rings is 1. The van der Waals surface area contributed by atoms with Crippen LogP contribution in [0.4, 0.5) is 0 Å². The summed E-state index contributed by atoms with van der Waals surface area (Å²) >= 11 is 0. The van der Waals surface area contributed by atoms with Crippen LogP contribution in [0.1, 0.15) is 18.9 Å². The van der Waals surface area contributed by atoms with Crippen LogP contribution >= 0.6 is 0 Å². The summed E-state index contributed by atoms with van der Waals surface area (Å²) in [5.41, 5.74) is 7.58. The molecule has 1 aromatic heterocycles. The van der Waals surface area contributed by atoms with E-state index in [-0.39, 0.29) is 11.9 Å². The molecular weight excluding hydrogens is 240 g/mol. The Bertz CT molecular complexity index is 534. The molecule has 5 nitrogen and oxygen atoms in total. The average Bonchev–Trinajstić information content (AvgIpc) is 2.89. The molecule has 1 atom stereocenters. The van der Waals surface area contributed by atoms with Gasteiger partial charge in [0.25, 0.3) is 0 Å². The number of amides is 1. The zero-order valence-electron chi connectivity index (χ0n) is 10.9. The number of rotatable bonds is 5. The van der Waals surface area contributed by atoms with Crippen molar-refractivity contribution in [1.29, 1.82) is 0 Å². The number of aromatic nitrogens is 2. The molecule has 19 heavy (non-hydrogen) atoms. The van der Waals surface area contributed by atoms with Gasteiger partial charge in [-0.05, 0) is 24.6 Å². The third kappa shape index (κ3) is 3.66. The predicted octanol–water partition coefficient (Wildman–Crippen LogP) is 1.23. The van der Waals surface area contributed by atoms with Gasteiger partial charge >= 0.3 is 0 Å². The first-order valence-corrected chi connectivity index (χ1v) is 6.27. The first-order chi connectivity index (χ1) is 9.16. The van der Waals surface area contributed by atoms with Crippen LogP contribution in [-0.2, 0) is 11.3 Å². The molecule has 0 fully saturated rings. The van der Waals surface area contributed by atoms with Crippen molar-refractivity contribution in [2.24, 2.45) is 5.73 Å².